The predicted molar refractivity (Wildman–Crippen MR) is 122 cm³/mol. The van der Waals surface area contributed by atoms with Crippen LogP contribution in [0.25, 0.3) is 10.9 Å². The van der Waals surface area contributed by atoms with Crippen LogP contribution >= 0.6 is 11.3 Å². The van der Waals surface area contributed by atoms with Crippen molar-refractivity contribution in [3.8, 4) is 0 Å². The summed E-state index contributed by atoms with van der Waals surface area (Å²) in [5, 5.41) is 14.4. The molecule has 1 atom stereocenters. The van der Waals surface area contributed by atoms with E-state index in [1.54, 1.807) is 0 Å². The number of rotatable bonds is 6. The van der Waals surface area contributed by atoms with Gasteiger partial charge in [-0.15, -0.1) is 10.2 Å². The molecule has 0 unspecified atom stereocenters. The number of nitrogens with one attached hydrogen (secondary N) is 2. The Bertz CT molecular complexity index is 1220. The summed E-state index contributed by atoms with van der Waals surface area (Å²) >= 11 is 1.53. The van der Waals surface area contributed by atoms with Crippen molar-refractivity contribution in [1.29, 1.82) is 0 Å². The van der Waals surface area contributed by atoms with Gasteiger partial charge < -0.3 is 15.2 Å². The van der Waals surface area contributed by atoms with Crippen LogP contribution < -0.4 is 5.32 Å². The monoisotopic (exact) mass is 432 g/mol. The summed E-state index contributed by atoms with van der Waals surface area (Å²) in [6.07, 6.45) is 5.11. The Hall–Kier alpha value is -3.26. The minimum Gasteiger partial charge on any atom is -0.361 e. The maximum atomic E-state index is 13.2. The van der Waals surface area contributed by atoms with Crippen LogP contribution in [0.3, 0.4) is 0 Å². The van der Waals surface area contributed by atoms with Gasteiger partial charge in [0.1, 0.15) is 10.8 Å². The number of nitrogens with zero attached hydrogens (tertiary/aromatic N) is 4. The van der Waals surface area contributed by atoms with Crippen molar-refractivity contribution in [2.75, 3.05) is 11.9 Å². The van der Waals surface area contributed by atoms with Gasteiger partial charge in [0.25, 0.3) is 0 Å². The third kappa shape index (κ3) is 4.03. The van der Waals surface area contributed by atoms with E-state index in [1.807, 2.05) is 47.5 Å². The molecule has 0 aliphatic carbocycles. The van der Waals surface area contributed by atoms with Crippen molar-refractivity contribution in [1.82, 2.24) is 25.1 Å². The highest BCUT2D eigenvalue weighted by atomic mass is 32.1. The molecule has 1 amide bonds. The lowest BCUT2D eigenvalue weighted by atomic mass is 10.1. The van der Waals surface area contributed by atoms with E-state index in [1.165, 1.54) is 11.3 Å². The summed E-state index contributed by atoms with van der Waals surface area (Å²) in [4.78, 5) is 23.2. The van der Waals surface area contributed by atoms with Gasteiger partial charge in [-0.05, 0) is 43.0 Å². The maximum absolute atomic E-state index is 13.2. The van der Waals surface area contributed by atoms with Crippen LogP contribution in [-0.2, 0) is 17.6 Å². The number of H-pyrrole nitrogens is 1. The molecule has 0 saturated carbocycles. The Kier molecular flexibility index (Phi) is 5.38. The van der Waals surface area contributed by atoms with Crippen molar-refractivity contribution < 1.29 is 4.79 Å². The van der Waals surface area contributed by atoms with E-state index < -0.39 is 0 Å². The number of carbonyl (C=O) groups excluding carboxylic acids is 1. The molecule has 4 aromatic rings. The first-order valence-corrected chi connectivity index (χ1v) is 11.4. The SMILES string of the molecule is CCc1nnc(Nc2cccc([C@@H]3CCCN3C(=O)Cc3c[nH]c4ccccc34)n2)s1. The molecule has 8 heteroatoms. The van der Waals surface area contributed by atoms with Gasteiger partial charge in [-0.1, -0.05) is 42.5 Å². The van der Waals surface area contributed by atoms with E-state index in [-0.39, 0.29) is 11.9 Å². The molecule has 0 bridgehead atoms. The number of likely N-dealkylation sites (tertiary alicyclic amines) is 1. The average molecular weight is 433 g/mol. The Balaban J connectivity index is 1.33. The summed E-state index contributed by atoms with van der Waals surface area (Å²) in [7, 11) is 0. The molecule has 0 spiro atoms. The average Bonchev–Trinajstić information content (AvgIpc) is 3.54. The number of benzene rings is 1. The second-order valence-electron chi connectivity index (χ2n) is 7.71. The maximum Gasteiger partial charge on any atom is 0.227 e. The predicted octanol–water partition coefficient (Wildman–Crippen LogP) is 4.63. The first-order chi connectivity index (χ1) is 15.2. The Labute approximate surface area is 184 Å². The molecule has 4 heterocycles. The second kappa shape index (κ2) is 8.47. The number of aromatic nitrogens is 4. The molecule has 0 radical (unpaired) electrons. The van der Waals surface area contributed by atoms with Crippen LogP contribution in [-0.4, -0.2) is 37.5 Å². The third-order valence-electron chi connectivity index (χ3n) is 5.71. The molecule has 1 aromatic carbocycles. The largest absolute Gasteiger partial charge is 0.361 e. The summed E-state index contributed by atoms with van der Waals surface area (Å²) in [5.74, 6) is 0.872. The summed E-state index contributed by atoms with van der Waals surface area (Å²) < 4.78 is 0. The Morgan fingerprint density at radius 1 is 1.23 bits per heavy atom. The quantitative estimate of drug-likeness (QED) is 0.464. The zero-order valence-corrected chi connectivity index (χ0v) is 18.2. The van der Waals surface area contributed by atoms with Crippen LogP contribution in [0, 0.1) is 0 Å². The highest BCUT2D eigenvalue weighted by Crippen LogP contribution is 2.33. The number of fused-ring (bicyclic) bond motifs is 1. The van der Waals surface area contributed by atoms with Crippen LogP contribution in [0.1, 0.15) is 42.1 Å². The molecular weight excluding hydrogens is 408 g/mol. The number of anilines is 2. The van der Waals surface area contributed by atoms with Gasteiger partial charge >= 0.3 is 0 Å². The van der Waals surface area contributed by atoms with Gasteiger partial charge in [0.2, 0.25) is 11.0 Å². The fraction of sp³-hybridized carbons (Fsp3) is 0.304. The van der Waals surface area contributed by atoms with Gasteiger partial charge in [0.05, 0.1) is 18.2 Å². The van der Waals surface area contributed by atoms with Crippen molar-refractivity contribution in [2.45, 2.75) is 38.6 Å². The smallest absolute Gasteiger partial charge is 0.227 e. The van der Waals surface area contributed by atoms with E-state index >= 15 is 0 Å². The second-order valence-corrected chi connectivity index (χ2v) is 8.77. The zero-order valence-electron chi connectivity index (χ0n) is 17.3. The fourth-order valence-corrected chi connectivity index (χ4v) is 4.86. The van der Waals surface area contributed by atoms with Crippen molar-refractivity contribution in [3.63, 3.8) is 0 Å². The van der Waals surface area contributed by atoms with E-state index in [0.717, 1.165) is 63.9 Å². The van der Waals surface area contributed by atoms with Crippen molar-refractivity contribution in [3.05, 3.63) is 64.9 Å². The standard InChI is InChI=1S/C23H24N6OS/c1-2-21-27-28-23(31-21)26-20-11-5-9-18(25-20)19-10-6-12-29(19)22(30)13-15-14-24-17-8-4-3-7-16(15)17/h3-5,7-9,11,14,19,24H,2,6,10,12-13H2,1H3,(H,25,26,28)/t19-/m0/s1. The van der Waals surface area contributed by atoms with E-state index in [9.17, 15) is 4.79 Å². The number of carbonyl (C=O) groups is 1. The molecule has 7 nitrogen and oxygen atoms in total. The summed E-state index contributed by atoms with van der Waals surface area (Å²) in [6, 6.07) is 14.0. The molecular formula is C23H24N6OS. The van der Waals surface area contributed by atoms with Crippen LogP contribution in [0.15, 0.2) is 48.7 Å². The first kappa shape index (κ1) is 19.7. The number of amides is 1. The highest BCUT2D eigenvalue weighted by molar-refractivity contribution is 7.15. The molecule has 1 saturated heterocycles. The molecule has 1 fully saturated rings. The number of para-hydroxylation sites is 1. The molecule has 31 heavy (non-hydrogen) atoms. The number of pyridine rings is 1. The highest BCUT2D eigenvalue weighted by Gasteiger charge is 2.31. The Morgan fingerprint density at radius 3 is 3.00 bits per heavy atom. The fourth-order valence-electron chi connectivity index (χ4n) is 4.18. The van der Waals surface area contributed by atoms with Gasteiger partial charge in [-0.25, -0.2) is 4.98 Å². The van der Waals surface area contributed by atoms with Gasteiger partial charge in [-0.2, -0.15) is 0 Å². The topological polar surface area (TPSA) is 86.8 Å². The van der Waals surface area contributed by atoms with Crippen LogP contribution in [0.2, 0.25) is 0 Å². The Morgan fingerprint density at radius 2 is 2.13 bits per heavy atom. The lowest BCUT2D eigenvalue weighted by Gasteiger charge is -2.24. The minimum atomic E-state index is 0.0000729. The van der Waals surface area contributed by atoms with Crippen LogP contribution in [0.4, 0.5) is 10.9 Å². The van der Waals surface area contributed by atoms with E-state index in [2.05, 4.69) is 33.5 Å². The van der Waals surface area contributed by atoms with Crippen molar-refractivity contribution >= 4 is 39.1 Å². The number of aromatic amines is 1. The van der Waals surface area contributed by atoms with E-state index in [0.29, 0.717) is 6.42 Å². The summed E-state index contributed by atoms with van der Waals surface area (Å²) in [5.41, 5.74) is 3.01. The molecule has 1 aliphatic heterocycles. The van der Waals surface area contributed by atoms with Crippen LogP contribution in [0.5, 0.6) is 0 Å². The molecule has 2 N–H and O–H groups in total. The number of hydrogen-bond acceptors (Lipinski definition) is 6. The minimum absolute atomic E-state index is 0.0000729. The molecule has 5 rings (SSSR count). The lowest BCUT2D eigenvalue weighted by Crippen LogP contribution is -2.32. The van der Waals surface area contributed by atoms with Gasteiger partial charge in [0, 0.05) is 23.6 Å². The van der Waals surface area contributed by atoms with Gasteiger partial charge in [-0.3, -0.25) is 4.79 Å². The molecule has 3 aromatic heterocycles. The number of aryl methyl sites for hydroxylation is 1. The third-order valence-corrected chi connectivity index (χ3v) is 6.69. The number of hydrogen-bond donors (Lipinski definition) is 2. The van der Waals surface area contributed by atoms with E-state index in [4.69, 9.17) is 4.98 Å². The first-order valence-electron chi connectivity index (χ1n) is 10.6. The summed E-state index contributed by atoms with van der Waals surface area (Å²) in [6.45, 7) is 2.83. The molecule has 158 valence electrons. The van der Waals surface area contributed by atoms with Crippen molar-refractivity contribution in [2.24, 2.45) is 0 Å². The van der Waals surface area contributed by atoms with Gasteiger partial charge in [0.15, 0.2) is 0 Å². The molecule has 1 aliphatic rings. The zero-order chi connectivity index (χ0) is 21.2. The normalized spacial score (nSPS) is 16.2. The lowest BCUT2D eigenvalue weighted by molar-refractivity contribution is -0.131.